The molecule has 8 heteroatoms. The average Bonchev–Trinajstić information content (AvgIpc) is 2.55. The molecule has 72 valence electrons. The number of nitrogens with zero attached hydrogens (tertiary/aromatic N) is 1. The molecular formula is C6H2NO6P. The largest absolute Gasteiger partial charge is 0.647 e. The van der Waals surface area contributed by atoms with Gasteiger partial charge in [0.25, 0.3) is 5.75 Å². The summed E-state index contributed by atoms with van der Waals surface area (Å²) in [6.07, 6.45) is 0. The lowest BCUT2D eigenvalue weighted by atomic mass is 10.2. The number of hydrogen-bond acceptors (Lipinski definition) is 6. The van der Waals surface area contributed by atoms with Crippen molar-refractivity contribution in [1.82, 2.24) is 0 Å². The van der Waals surface area contributed by atoms with E-state index in [4.69, 9.17) is 13.6 Å². The second-order valence-electron chi connectivity index (χ2n) is 2.72. The third-order valence-electron chi connectivity index (χ3n) is 1.87. The molecule has 0 aliphatic carbocycles. The fraction of sp³-hybridized carbons (Fsp3) is 0. The van der Waals surface area contributed by atoms with Crippen LogP contribution in [0.5, 0.6) is 17.2 Å². The van der Waals surface area contributed by atoms with E-state index in [2.05, 4.69) is 0 Å². The van der Waals surface area contributed by atoms with E-state index in [1.54, 1.807) is 0 Å². The van der Waals surface area contributed by atoms with E-state index in [1.807, 2.05) is 0 Å². The van der Waals surface area contributed by atoms with Crippen LogP contribution in [-0.4, -0.2) is 4.92 Å². The molecule has 2 aliphatic heterocycles. The second-order valence-corrected chi connectivity index (χ2v) is 4.16. The van der Waals surface area contributed by atoms with Crippen LogP contribution in [-0.2, 0) is 4.57 Å². The molecule has 0 N–H and O–H groups in total. The Kier molecular flexibility index (Phi) is 1.10. The molecule has 3 rings (SSSR count). The van der Waals surface area contributed by atoms with Crippen molar-refractivity contribution in [3.63, 3.8) is 0 Å². The van der Waals surface area contributed by atoms with Crippen LogP contribution in [0.2, 0.25) is 0 Å². The van der Waals surface area contributed by atoms with Gasteiger partial charge in [-0.25, -0.2) is 0 Å². The van der Waals surface area contributed by atoms with E-state index in [0.29, 0.717) is 0 Å². The fourth-order valence-electron chi connectivity index (χ4n) is 1.32. The minimum atomic E-state index is -3.62. The Balaban J connectivity index is 2.31. The van der Waals surface area contributed by atoms with Gasteiger partial charge >= 0.3 is 13.5 Å². The van der Waals surface area contributed by atoms with E-state index < -0.39 is 12.7 Å². The first-order valence-electron chi connectivity index (χ1n) is 3.59. The third-order valence-corrected chi connectivity index (χ3v) is 3.10. The van der Waals surface area contributed by atoms with E-state index in [1.165, 1.54) is 12.1 Å². The third kappa shape index (κ3) is 0.748. The fourth-order valence-corrected chi connectivity index (χ4v) is 2.62. The van der Waals surface area contributed by atoms with Crippen LogP contribution in [0.25, 0.3) is 0 Å². The number of benzene rings is 1. The molecule has 0 radical (unpaired) electrons. The molecule has 2 aliphatic rings. The lowest BCUT2D eigenvalue weighted by Gasteiger charge is -2.08. The molecule has 1 atom stereocenters. The van der Waals surface area contributed by atoms with Gasteiger partial charge in [0, 0.05) is 6.07 Å². The second kappa shape index (κ2) is 2.01. The standard InChI is InChI=1S/C6H2NO6P/c8-7(9)3-1-2-4-6-5(3)12-14(10,11-4)13-6/h1-2H. The topological polar surface area (TPSA) is 87.9 Å². The van der Waals surface area contributed by atoms with E-state index in [0.717, 1.165) is 0 Å². The van der Waals surface area contributed by atoms with Crippen LogP contribution in [0.4, 0.5) is 5.69 Å². The molecule has 0 aromatic heterocycles. The van der Waals surface area contributed by atoms with Crippen molar-refractivity contribution in [2.24, 2.45) is 0 Å². The lowest BCUT2D eigenvalue weighted by molar-refractivity contribution is -0.385. The maximum absolute atomic E-state index is 11.4. The zero-order valence-corrected chi connectivity index (χ0v) is 7.39. The van der Waals surface area contributed by atoms with Crippen molar-refractivity contribution in [3.05, 3.63) is 22.2 Å². The highest BCUT2D eigenvalue weighted by atomic mass is 31.2. The monoisotopic (exact) mass is 215 g/mol. The Bertz CT molecular complexity index is 511. The number of fused-ring (bicyclic) bond motifs is 1. The van der Waals surface area contributed by atoms with Gasteiger partial charge in [0.2, 0.25) is 5.75 Å². The molecule has 0 saturated heterocycles. The van der Waals surface area contributed by atoms with Crippen LogP contribution >= 0.6 is 7.82 Å². The molecule has 1 aromatic carbocycles. The van der Waals surface area contributed by atoms with Gasteiger partial charge in [-0.3, -0.25) is 10.1 Å². The summed E-state index contributed by atoms with van der Waals surface area (Å²) in [4.78, 5) is 9.90. The molecule has 2 heterocycles. The van der Waals surface area contributed by atoms with Crippen molar-refractivity contribution < 1.29 is 23.1 Å². The molecule has 2 bridgehead atoms. The van der Waals surface area contributed by atoms with Gasteiger partial charge in [-0.2, -0.15) is 4.57 Å². The zero-order valence-electron chi connectivity index (χ0n) is 6.50. The molecule has 0 spiro atoms. The first kappa shape index (κ1) is 7.64. The van der Waals surface area contributed by atoms with E-state index in [-0.39, 0.29) is 22.9 Å². The van der Waals surface area contributed by atoms with Gasteiger partial charge in [0.1, 0.15) is 0 Å². The minimum absolute atomic E-state index is 0.0579. The highest BCUT2D eigenvalue weighted by Gasteiger charge is 2.53. The highest BCUT2D eigenvalue weighted by Crippen LogP contribution is 2.70. The van der Waals surface area contributed by atoms with Crippen molar-refractivity contribution >= 4 is 13.5 Å². The maximum Gasteiger partial charge on any atom is 0.647 e. The molecule has 0 amide bonds. The lowest BCUT2D eigenvalue weighted by Crippen LogP contribution is -1.99. The number of rotatable bonds is 1. The van der Waals surface area contributed by atoms with Gasteiger partial charge in [-0.1, -0.05) is 0 Å². The summed E-state index contributed by atoms with van der Waals surface area (Å²) in [5.74, 6) is 0.171. The zero-order chi connectivity index (χ0) is 9.92. The number of phosphoric acid groups is 1. The molecule has 1 aromatic rings. The molecule has 14 heavy (non-hydrogen) atoms. The van der Waals surface area contributed by atoms with Crippen LogP contribution < -0.4 is 13.6 Å². The predicted molar refractivity (Wildman–Crippen MR) is 42.6 cm³/mol. The Labute approximate surface area is 77.0 Å². The Hall–Kier alpha value is -1.75. The maximum atomic E-state index is 11.4. The summed E-state index contributed by atoms with van der Waals surface area (Å²) >= 11 is 0. The molecule has 0 saturated carbocycles. The van der Waals surface area contributed by atoms with E-state index >= 15 is 0 Å². The molecule has 1 unspecified atom stereocenters. The van der Waals surface area contributed by atoms with Gasteiger partial charge in [0.15, 0.2) is 5.75 Å². The average molecular weight is 215 g/mol. The van der Waals surface area contributed by atoms with Crippen LogP contribution in [0, 0.1) is 10.1 Å². The predicted octanol–water partition coefficient (Wildman–Crippen LogP) is 1.87. The minimum Gasteiger partial charge on any atom is -0.382 e. The highest BCUT2D eigenvalue weighted by molar-refractivity contribution is 7.50. The van der Waals surface area contributed by atoms with Crippen molar-refractivity contribution in [3.8, 4) is 17.2 Å². The van der Waals surface area contributed by atoms with Crippen LogP contribution in [0.1, 0.15) is 0 Å². The molecular weight excluding hydrogens is 213 g/mol. The number of hydrogen-bond donors (Lipinski definition) is 0. The normalized spacial score (nSPS) is 25.1. The van der Waals surface area contributed by atoms with Crippen molar-refractivity contribution in [1.29, 1.82) is 0 Å². The molecule has 0 fully saturated rings. The Morgan fingerprint density at radius 2 is 1.93 bits per heavy atom. The van der Waals surface area contributed by atoms with Gasteiger partial charge in [-0.15, -0.1) is 0 Å². The van der Waals surface area contributed by atoms with Crippen LogP contribution in [0.15, 0.2) is 12.1 Å². The number of phosphoric ester groups is 1. The number of nitro groups is 1. The number of nitro benzene ring substituents is 1. The quantitative estimate of drug-likeness (QED) is 0.403. The summed E-state index contributed by atoms with van der Waals surface area (Å²) < 4.78 is 25.7. The van der Waals surface area contributed by atoms with Gasteiger partial charge in [0.05, 0.1) is 4.92 Å². The molecule has 7 nitrogen and oxygen atoms in total. The van der Waals surface area contributed by atoms with Crippen LogP contribution in [0.3, 0.4) is 0 Å². The Morgan fingerprint density at radius 3 is 2.57 bits per heavy atom. The summed E-state index contributed by atoms with van der Waals surface area (Å²) in [5, 5.41) is 10.5. The first-order chi connectivity index (χ1) is 6.59. The Morgan fingerprint density at radius 1 is 1.21 bits per heavy atom. The van der Waals surface area contributed by atoms with Gasteiger partial charge in [-0.05, 0) is 6.07 Å². The smallest absolute Gasteiger partial charge is 0.382 e. The van der Waals surface area contributed by atoms with Crippen molar-refractivity contribution in [2.75, 3.05) is 0 Å². The first-order valence-corrected chi connectivity index (χ1v) is 5.05. The summed E-state index contributed by atoms with van der Waals surface area (Å²) in [7, 11) is -3.62. The summed E-state index contributed by atoms with van der Waals surface area (Å²) in [6, 6.07) is 2.55. The van der Waals surface area contributed by atoms with Gasteiger partial charge < -0.3 is 13.6 Å². The van der Waals surface area contributed by atoms with Crippen molar-refractivity contribution in [2.45, 2.75) is 0 Å². The van der Waals surface area contributed by atoms with E-state index in [9.17, 15) is 14.7 Å². The summed E-state index contributed by atoms with van der Waals surface area (Å²) in [5.41, 5.74) is -0.273. The SMILES string of the molecule is O=[N+]([O-])c1ccc2c3c1OP(=O)(O2)O3. The summed E-state index contributed by atoms with van der Waals surface area (Å²) in [6.45, 7) is 0.